The summed E-state index contributed by atoms with van der Waals surface area (Å²) in [6.07, 6.45) is 3.86. The maximum Gasteiger partial charge on any atom is 0.255 e. The maximum atomic E-state index is 12.5. The van der Waals surface area contributed by atoms with Crippen LogP contribution >= 0.6 is 0 Å². The lowest BCUT2D eigenvalue weighted by Gasteiger charge is -2.28. The topological polar surface area (TPSA) is 50.8 Å². The average Bonchev–Trinajstić information content (AvgIpc) is 2.72. The highest BCUT2D eigenvalue weighted by atomic mass is 16.5. The first-order chi connectivity index (χ1) is 12.7. The van der Waals surface area contributed by atoms with Crippen molar-refractivity contribution >= 4 is 11.6 Å². The zero-order chi connectivity index (χ0) is 18.4. The highest BCUT2D eigenvalue weighted by molar-refractivity contribution is 5.97. The van der Waals surface area contributed by atoms with Gasteiger partial charge in [0.15, 0.2) is 11.5 Å². The molecule has 1 saturated heterocycles. The SMILES string of the molecule is COc1cccc(C(=O)NCc2ccc(N3CCCCC3)cc2)c1OC. The number of para-hydroxylation sites is 1. The molecular formula is C21H26N2O3. The average molecular weight is 354 g/mol. The number of nitrogens with zero attached hydrogens (tertiary/aromatic N) is 1. The maximum absolute atomic E-state index is 12.5. The number of hydrogen-bond donors (Lipinski definition) is 1. The summed E-state index contributed by atoms with van der Waals surface area (Å²) in [6.45, 7) is 2.73. The van der Waals surface area contributed by atoms with Gasteiger partial charge < -0.3 is 19.7 Å². The fourth-order valence-electron chi connectivity index (χ4n) is 3.32. The number of methoxy groups -OCH3 is 2. The standard InChI is InChI=1S/C21H26N2O3/c1-25-19-8-6-7-18(20(19)26-2)21(24)22-15-16-9-11-17(12-10-16)23-13-4-3-5-14-23/h6-12H,3-5,13-15H2,1-2H3,(H,22,24). The summed E-state index contributed by atoms with van der Waals surface area (Å²) in [5, 5.41) is 2.95. The molecule has 1 amide bonds. The van der Waals surface area contributed by atoms with Crippen LogP contribution in [0.4, 0.5) is 5.69 Å². The Morgan fingerprint density at radius 2 is 1.73 bits per heavy atom. The molecule has 0 atom stereocenters. The summed E-state index contributed by atoms with van der Waals surface area (Å²) in [5.74, 6) is 0.819. The molecule has 5 nitrogen and oxygen atoms in total. The van der Waals surface area contributed by atoms with Gasteiger partial charge in [-0.05, 0) is 49.1 Å². The fourth-order valence-corrected chi connectivity index (χ4v) is 3.32. The number of carbonyl (C=O) groups excluding carboxylic acids is 1. The molecule has 0 radical (unpaired) electrons. The molecule has 1 aliphatic heterocycles. The van der Waals surface area contributed by atoms with Crippen LogP contribution in [0.2, 0.25) is 0 Å². The van der Waals surface area contributed by atoms with Crippen molar-refractivity contribution in [1.82, 2.24) is 5.32 Å². The first kappa shape index (κ1) is 18.1. The third-order valence-electron chi connectivity index (χ3n) is 4.76. The van der Waals surface area contributed by atoms with Crippen LogP contribution in [0.25, 0.3) is 0 Å². The third kappa shape index (κ3) is 4.10. The summed E-state index contributed by atoms with van der Waals surface area (Å²) in [4.78, 5) is 14.9. The van der Waals surface area contributed by atoms with Crippen LogP contribution in [0.5, 0.6) is 11.5 Å². The van der Waals surface area contributed by atoms with Gasteiger partial charge in [0.25, 0.3) is 5.91 Å². The number of amides is 1. The molecule has 26 heavy (non-hydrogen) atoms. The third-order valence-corrected chi connectivity index (χ3v) is 4.76. The molecule has 138 valence electrons. The van der Waals surface area contributed by atoms with Gasteiger partial charge in [0, 0.05) is 25.3 Å². The van der Waals surface area contributed by atoms with Crippen LogP contribution in [-0.2, 0) is 6.54 Å². The predicted molar refractivity (Wildman–Crippen MR) is 103 cm³/mol. The second kappa shape index (κ2) is 8.61. The molecule has 0 bridgehead atoms. The van der Waals surface area contributed by atoms with E-state index in [4.69, 9.17) is 9.47 Å². The van der Waals surface area contributed by atoms with E-state index in [-0.39, 0.29) is 5.91 Å². The lowest BCUT2D eigenvalue weighted by Crippen LogP contribution is -2.29. The minimum Gasteiger partial charge on any atom is -0.493 e. The van der Waals surface area contributed by atoms with Crippen LogP contribution in [0, 0.1) is 0 Å². The minimum atomic E-state index is -0.180. The normalized spacial score (nSPS) is 14.0. The summed E-state index contributed by atoms with van der Waals surface area (Å²) in [7, 11) is 3.09. The lowest BCUT2D eigenvalue weighted by atomic mass is 10.1. The summed E-state index contributed by atoms with van der Waals surface area (Å²) in [5.41, 5.74) is 2.80. The minimum absolute atomic E-state index is 0.180. The smallest absolute Gasteiger partial charge is 0.255 e. The number of piperidine rings is 1. The quantitative estimate of drug-likeness (QED) is 0.861. The summed E-state index contributed by atoms with van der Waals surface area (Å²) >= 11 is 0. The van der Waals surface area contributed by atoms with E-state index in [0.29, 0.717) is 23.6 Å². The molecular weight excluding hydrogens is 328 g/mol. The van der Waals surface area contributed by atoms with Crippen LogP contribution < -0.4 is 19.7 Å². The van der Waals surface area contributed by atoms with Crippen molar-refractivity contribution < 1.29 is 14.3 Å². The van der Waals surface area contributed by atoms with Gasteiger partial charge in [0.05, 0.1) is 19.8 Å². The van der Waals surface area contributed by atoms with Crippen LogP contribution in [0.1, 0.15) is 35.2 Å². The predicted octanol–water partition coefficient (Wildman–Crippen LogP) is 3.62. The second-order valence-corrected chi connectivity index (χ2v) is 6.44. The Morgan fingerprint density at radius 1 is 1.00 bits per heavy atom. The molecule has 1 heterocycles. The monoisotopic (exact) mass is 354 g/mol. The van der Waals surface area contributed by atoms with Gasteiger partial charge in [-0.3, -0.25) is 4.79 Å². The van der Waals surface area contributed by atoms with Crippen LogP contribution in [-0.4, -0.2) is 33.2 Å². The van der Waals surface area contributed by atoms with Crippen molar-refractivity contribution in [3.05, 3.63) is 53.6 Å². The first-order valence-electron chi connectivity index (χ1n) is 9.06. The zero-order valence-electron chi connectivity index (χ0n) is 15.5. The summed E-state index contributed by atoms with van der Waals surface area (Å²) in [6, 6.07) is 13.7. The molecule has 0 saturated carbocycles. The molecule has 0 spiro atoms. The molecule has 0 unspecified atom stereocenters. The molecule has 1 N–H and O–H groups in total. The first-order valence-corrected chi connectivity index (χ1v) is 9.06. The number of ether oxygens (including phenoxy) is 2. The zero-order valence-corrected chi connectivity index (χ0v) is 15.5. The van der Waals surface area contributed by atoms with Crippen LogP contribution in [0.3, 0.4) is 0 Å². The number of anilines is 1. The fraction of sp³-hybridized carbons (Fsp3) is 0.381. The van der Waals surface area contributed by atoms with Gasteiger partial charge in [-0.25, -0.2) is 0 Å². The number of rotatable bonds is 6. The molecule has 2 aromatic carbocycles. The van der Waals surface area contributed by atoms with E-state index in [0.717, 1.165) is 18.7 Å². The second-order valence-electron chi connectivity index (χ2n) is 6.44. The van der Waals surface area contributed by atoms with Gasteiger partial charge in [-0.15, -0.1) is 0 Å². The number of hydrogen-bond acceptors (Lipinski definition) is 4. The van der Waals surface area contributed by atoms with Gasteiger partial charge in [-0.2, -0.15) is 0 Å². The Hall–Kier alpha value is -2.69. The molecule has 0 aliphatic carbocycles. The molecule has 5 heteroatoms. The van der Waals surface area contributed by atoms with E-state index in [2.05, 4.69) is 34.5 Å². The van der Waals surface area contributed by atoms with Crippen LogP contribution in [0.15, 0.2) is 42.5 Å². The van der Waals surface area contributed by atoms with Gasteiger partial charge in [0.2, 0.25) is 0 Å². The van der Waals surface area contributed by atoms with Crippen molar-refractivity contribution in [3.8, 4) is 11.5 Å². The Morgan fingerprint density at radius 3 is 2.38 bits per heavy atom. The molecule has 1 fully saturated rings. The highest BCUT2D eigenvalue weighted by Crippen LogP contribution is 2.30. The number of nitrogens with one attached hydrogen (secondary N) is 1. The van der Waals surface area contributed by atoms with E-state index in [9.17, 15) is 4.79 Å². The molecule has 3 rings (SSSR count). The van der Waals surface area contributed by atoms with E-state index < -0.39 is 0 Å². The van der Waals surface area contributed by atoms with Crippen molar-refractivity contribution in [3.63, 3.8) is 0 Å². The van der Waals surface area contributed by atoms with E-state index >= 15 is 0 Å². The van der Waals surface area contributed by atoms with Gasteiger partial charge in [0.1, 0.15) is 0 Å². The van der Waals surface area contributed by atoms with E-state index in [1.165, 1.54) is 32.1 Å². The lowest BCUT2D eigenvalue weighted by molar-refractivity contribution is 0.0947. The molecule has 0 aromatic heterocycles. The van der Waals surface area contributed by atoms with Crippen molar-refractivity contribution in [2.24, 2.45) is 0 Å². The Bertz CT molecular complexity index is 737. The molecule has 1 aliphatic rings. The van der Waals surface area contributed by atoms with E-state index in [1.807, 2.05) is 0 Å². The van der Waals surface area contributed by atoms with Crippen molar-refractivity contribution in [2.45, 2.75) is 25.8 Å². The van der Waals surface area contributed by atoms with Gasteiger partial charge >= 0.3 is 0 Å². The summed E-state index contributed by atoms with van der Waals surface area (Å²) < 4.78 is 10.6. The van der Waals surface area contributed by atoms with Gasteiger partial charge in [-0.1, -0.05) is 18.2 Å². The van der Waals surface area contributed by atoms with E-state index in [1.54, 1.807) is 25.3 Å². The highest BCUT2D eigenvalue weighted by Gasteiger charge is 2.16. The largest absolute Gasteiger partial charge is 0.493 e. The Kier molecular flexibility index (Phi) is 6.00. The van der Waals surface area contributed by atoms with Crippen molar-refractivity contribution in [2.75, 3.05) is 32.2 Å². The van der Waals surface area contributed by atoms with Crippen molar-refractivity contribution in [1.29, 1.82) is 0 Å². The number of benzene rings is 2. The Labute approximate surface area is 154 Å². The number of carbonyl (C=O) groups is 1. The Balaban J connectivity index is 1.63. The molecule has 2 aromatic rings.